The number of para-hydroxylation sites is 2. The molecule has 214 valence electrons. The van der Waals surface area contributed by atoms with Crippen LogP contribution in [-0.4, -0.2) is 43.8 Å². The summed E-state index contributed by atoms with van der Waals surface area (Å²) < 4.78 is 12.0. The van der Waals surface area contributed by atoms with Crippen LogP contribution in [0.3, 0.4) is 0 Å². The van der Waals surface area contributed by atoms with Crippen molar-refractivity contribution >= 4 is 50.9 Å². The Labute approximate surface area is 257 Å². The topological polar surface area (TPSA) is 84.9 Å². The lowest BCUT2D eigenvalue weighted by atomic mass is 9.64. The molecule has 1 fully saturated rings. The molecule has 7 nitrogen and oxygen atoms in total. The Morgan fingerprint density at radius 3 is 2.40 bits per heavy atom. The third-order valence-electron chi connectivity index (χ3n) is 8.89. The number of amides is 1. The number of fused-ring (bicyclic) bond motifs is 6. The molecule has 0 saturated carbocycles. The van der Waals surface area contributed by atoms with E-state index in [0.29, 0.717) is 28.3 Å². The van der Waals surface area contributed by atoms with Crippen LogP contribution >= 0.6 is 15.9 Å². The van der Waals surface area contributed by atoms with Gasteiger partial charge in [0.1, 0.15) is 23.0 Å². The van der Waals surface area contributed by atoms with Crippen molar-refractivity contribution in [2.75, 3.05) is 24.4 Å². The zero-order chi connectivity index (χ0) is 29.9. The van der Waals surface area contributed by atoms with Gasteiger partial charge in [-0.3, -0.25) is 14.4 Å². The fraction of sp³-hybridized carbons (Fsp3) is 0.171. The van der Waals surface area contributed by atoms with Gasteiger partial charge in [-0.25, -0.2) is 0 Å². The summed E-state index contributed by atoms with van der Waals surface area (Å²) in [6, 6.07) is 25.7. The van der Waals surface area contributed by atoms with E-state index in [1.165, 1.54) is 14.2 Å². The van der Waals surface area contributed by atoms with Crippen molar-refractivity contribution in [3.05, 3.63) is 124 Å². The standard InChI is InChI=1S/C35H27BrN2O5/c1-42-23-16-17-28(43-2)24(19-23)33(40)30-31(32(39)21-11-14-22(36)15-12-21)38-27-10-6-3-7-20(27)13-18-29(38)35(30)25-8-4-5-9-26(25)37-34(35)41/h3-19,29-31H,1-2H3,(H,37,41)/t29-,30+,31-,35+/m1/s1. The Morgan fingerprint density at radius 1 is 0.884 bits per heavy atom. The minimum absolute atomic E-state index is 0.245. The van der Waals surface area contributed by atoms with Crippen LogP contribution in [0.1, 0.15) is 31.8 Å². The van der Waals surface area contributed by atoms with Gasteiger partial charge in [0.25, 0.3) is 0 Å². The molecule has 0 aliphatic carbocycles. The molecule has 1 amide bonds. The number of carbonyl (C=O) groups excluding carboxylic acids is 3. The first-order valence-electron chi connectivity index (χ1n) is 13.9. The molecule has 0 radical (unpaired) electrons. The number of carbonyl (C=O) groups is 3. The van der Waals surface area contributed by atoms with E-state index in [1.54, 1.807) is 42.5 Å². The lowest BCUT2D eigenvalue weighted by Crippen LogP contribution is -2.51. The van der Waals surface area contributed by atoms with Crippen molar-refractivity contribution in [1.82, 2.24) is 0 Å². The number of methoxy groups -OCH3 is 2. The van der Waals surface area contributed by atoms with E-state index in [9.17, 15) is 9.59 Å². The number of nitrogens with zero attached hydrogens (tertiary/aromatic N) is 1. The fourth-order valence-corrected chi connectivity index (χ4v) is 7.34. The molecule has 3 aliphatic heterocycles. The minimum atomic E-state index is -1.42. The molecule has 8 heteroatoms. The number of ether oxygens (including phenoxy) is 2. The molecule has 0 bridgehead atoms. The Morgan fingerprint density at radius 2 is 1.63 bits per heavy atom. The van der Waals surface area contributed by atoms with Crippen molar-refractivity contribution in [1.29, 1.82) is 0 Å². The summed E-state index contributed by atoms with van der Waals surface area (Å²) in [6.07, 6.45) is 3.94. The molecule has 3 heterocycles. The third kappa shape index (κ3) is 3.89. The van der Waals surface area contributed by atoms with Crippen molar-refractivity contribution < 1.29 is 23.9 Å². The van der Waals surface area contributed by atoms with E-state index in [2.05, 4.69) is 21.2 Å². The van der Waals surface area contributed by atoms with Gasteiger partial charge >= 0.3 is 0 Å². The molecule has 4 atom stereocenters. The Kier molecular flexibility index (Phi) is 6.47. The Hall–Kier alpha value is -4.69. The number of halogens is 1. The maximum Gasteiger partial charge on any atom is 0.238 e. The maximum absolute atomic E-state index is 15.1. The van der Waals surface area contributed by atoms with Gasteiger partial charge in [-0.05, 0) is 53.6 Å². The molecule has 4 aromatic rings. The first-order valence-corrected chi connectivity index (χ1v) is 14.7. The van der Waals surface area contributed by atoms with Crippen LogP contribution in [0.4, 0.5) is 11.4 Å². The SMILES string of the molecule is COc1ccc(OC)c(C(=O)[C@@H]2[C@H](C(=O)c3ccc(Br)cc3)N3c4ccccc4C=C[C@@H]3[C@]23C(=O)Nc2ccccc23)c1. The predicted molar refractivity (Wildman–Crippen MR) is 168 cm³/mol. The van der Waals surface area contributed by atoms with E-state index in [0.717, 1.165) is 15.7 Å². The van der Waals surface area contributed by atoms with E-state index >= 15 is 4.79 Å². The summed E-state index contributed by atoms with van der Waals surface area (Å²) >= 11 is 3.46. The summed E-state index contributed by atoms with van der Waals surface area (Å²) in [7, 11) is 3.02. The van der Waals surface area contributed by atoms with Crippen LogP contribution in [0.25, 0.3) is 6.08 Å². The van der Waals surface area contributed by atoms with Crippen LogP contribution < -0.4 is 19.7 Å². The number of hydrogen-bond donors (Lipinski definition) is 1. The third-order valence-corrected chi connectivity index (χ3v) is 9.42. The quantitative estimate of drug-likeness (QED) is 0.250. The predicted octanol–water partition coefficient (Wildman–Crippen LogP) is 6.32. The number of benzene rings is 4. The molecule has 4 aromatic carbocycles. The smallest absolute Gasteiger partial charge is 0.238 e. The monoisotopic (exact) mass is 634 g/mol. The molecule has 1 saturated heterocycles. The normalized spacial score (nSPS) is 22.9. The molecule has 3 aliphatic rings. The molecular weight excluding hydrogens is 608 g/mol. The Balaban J connectivity index is 1.55. The highest BCUT2D eigenvalue weighted by Crippen LogP contribution is 2.58. The zero-order valence-corrected chi connectivity index (χ0v) is 25.0. The second-order valence-electron chi connectivity index (χ2n) is 10.9. The van der Waals surface area contributed by atoms with Gasteiger partial charge in [-0.15, -0.1) is 0 Å². The summed E-state index contributed by atoms with van der Waals surface area (Å²) in [5, 5.41) is 3.06. The van der Waals surface area contributed by atoms with Crippen LogP contribution in [0.2, 0.25) is 0 Å². The molecule has 43 heavy (non-hydrogen) atoms. The average molecular weight is 636 g/mol. The van der Waals surface area contributed by atoms with Crippen molar-refractivity contribution in [3.8, 4) is 11.5 Å². The van der Waals surface area contributed by atoms with Crippen molar-refractivity contribution in [3.63, 3.8) is 0 Å². The van der Waals surface area contributed by atoms with E-state index in [1.807, 2.05) is 65.6 Å². The second-order valence-corrected chi connectivity index (χ2v) is 11.8. The minimum Gasteiger partial charge on any atom is -0.497 e. The van der Waals surface area contributed by atoms with Crippen LogP contribution in [0.5, 0.6) is 11.5 Å². The fourth-order valence-electron chi connectivity index (χ4n) is 7.08. The molecule has 0 unspecified atom stereocenters. The van der Waals surface area contributed by atoms with Crippen LogP contribution in [0.15, 0.2) is 102 Å². The maximum atomic E-state index is 15.1. The molecule has 0 aromatic heterocycles. The first kappa shape index (κ1) is 27.2. The summed E-state index contributed by atoms with van der Waals surface area (Å²) in [6.45, 7) is 0. The van der Waals surface area contributed by atoms with Crippen LogP contribution in [0, 0.1) is 5.92 Å². The largest absolute Gasteiger partial charge is 0.497 e. The summed E-state index contributed by atoms with van der Waals surface area (Å²) in [5.41, 5.74) is 2.28. The van der Waals surface area contributed by atoms with E-state index < -0.39 is 23.4 Å². The summed E-state index contributed by atoms with van der Waals surface area (Å²) in [4.78, 5) is 46.4. The van der Waals surface area contributed by atoms with E-state index in [-0.39, 0.29) is 23.0 Å². The average Bonchev–Trinajstić information content (AvgIpc) is 3.52. The van der Waals surface area contributed by atoms with Crippen molar-refractivity contribution in [2.24, 2.45) is 5.92 Å². The Bertz CT molecular complexity index is 1830. The van der Waals surface area contributed by atoms with Gasteiger partial charge in [0, 0.05) is 21.4 Å². The number of anilines is 2. The second kappa shape index (κ2) is 10.2. The first-order chi connectivity index (χ1) is 20.9. The molecule has 7 rings (SSSR count). The number of ketones is 2. The van der Waals surface area contributed by atoms with Crippen LogP contribution in [-0.2, 0) is 10.2 Å². The molecule has 1 N–H and O–H groups in total. The number of Topliss-reactive ketones (excluding diaryl/α,β-unsaturated/α-hetero) is 2. The lowest BCUT2D eigenvalue weighted by molar-refractivity contribution is -0.121. The van der Waals surface area contributed by atoms with Gasteiger partial charge in [0.15, 0.2) is 11.6 Å². The van der Waals surface area contributed by atoms with Crippen molar-refractivity contribution in [2.45, 2.75) is 17.5 Å². The zero-order valence-electron chi connectivity index (χ0n) is 23.4. The van der Waals surface area contributed by atoms with Gasteiger partial charge < -0.3 is 19.7 Å². The number of rotatable bonds is 6. The number of hydrogen-bond acceptors (Lipinski definition) is 6. The van der Waals surface area contributed by atoms with Gasteiger partial charge in [0.05, 0.1) is 31.7 Å². The lowest BCUT2D eigenvalue weighted by Gasteiger charge is -2.37. The van der Waals surface area contributed by atoms with Gasteiger partial charge in [-0.1, -0.05) is 76.6 Å². The van der Waals surface area contributed by atoms with E-state index in [4.69, 9.17) is 9.47 Å². The van der Waals surface area contributed by atoms with Gasteiger partial charge in [0.2, 0.25) is 5.91 Å². The number of nitrogens with one attached hydrogen (secondary N) is 1. The highest BCUT2D eigenvalue weighted by atomic mass is 79.9. The highest BCUT2D eigenvalue weighted by Gasteiger charge is 2.70. The molecular formula is C35H27BrN2O5. The summed E-state index contributed by atoms with van der Waals surface area (Å²) in [5.74, 6) is -1.27. The molecule has 1 spiro atoms. The highest BCUT2D eigenvalue weighted by molar-refractivity contribution is 9.10. The van der Waals surface area contributed by atoms with Gasteiger partial charge in [-0.2, -0.15) is 0 Å².